The molecule has 0 saturated heterocycles. The van der Waals surface area contributed by atoms with Crippen molar-refractivity contribution in [2.75, 3.05) is 24.6 Å². The maximum absolute atomic E-state index is 9.47. The molecule has 0 unspecified atom stereocenters. The summed E-state index contributed by atoms with van der Waals surface area (Å²) in [7, 11) is 0. The van der Waals surface area contributed by atoms with Gasteiger partial charge in [-0.15, -0.1) is 0 Å². The average molecular weight is 235 g/mol. The van der Waals surface area contributed by atoms with Crippen molar-refractivity contribution in [3.63, 3.8) is 0 Å². The highest BCUT2D eigenvalue weighted by Gasteiger charge is 2.15. The molecule has 0 aliphatic carbocycles. The van der Waals surface area contributed by atoms with E-state index in [0.29, 0.717) is 6.54 Å². The van der Waals surface area contributed by atoms with Gasteiger partial charge in [0.05, 0.1) is 18.9 Å². The van der Waals surface area contributed by atoms with Crippen molar-refractivity contribution in [2.24, 2.45) is 0 Å². The third-order valence-corrected chi connectivity index (χ3v) is 2.81. The first-order valence-electron chi connectivity index (χ1n) is 5.74. The third kappa shape index (κ3) is 2.11. The second-order valence-corrected chi connectivity index (χ2v) is 3.77. The molecule has 0 aromatic carbocycles. The monoisotopic (exact) mass is 235 g/mol. The average Bonchev–Trinajstić information content (AvgIpc) is 2.74. The van der Waals surface area contributed by atoms with Gasteiger partial charge >= 0.3 is 0 Å². The van der Waals surface area contributed by atoms with E-state index in [1.54, 1.807) is 0 Å². The molecular formula is C12H17N3O2. The fraction of sp³-hybridized carbons (Fsp3) is 0.417. The Kier molecular flexibility index (Phi) is 3.61. The number of fused-ring (bicyclic) bond motifs is 1. The summed E-state index contributed by atoms with van der Waals surface area (Å²) in [6.45, 7) is 3.28. The lowest BCUT2D eigenvalue weighted by molar-refractivity contribution is 0.275. The molecule has 0 atom stereocenters. The van der Waals surface area contributed by atoms with E-state index in [1.165, 1.54) is 0 Å². The first-order chi connectivity index (χ1) is 8.31. The van der Waals surface area contributed by atoms with Crippen molar-refractivity contribution in [1.29, 1.82) is 0 Å². The van der Waals surface area contributed by atoms with E-state index in [0.717, 1.165) is 23.7 Å². The van der Waals surface area contributed by atoms with Gasteiger partial charge in [-0.1, -0.05) is 6.07 Å². The number of aliphatic hydroxyl groups is 2. The van der Waals surface area contributed by atoms with Crippen molar-refractivity contribution in [2.45, 2.75) is 13.5 Å². The van der Waals surface area contributed by atoms with Crippen LogP contribution in [0.1, 0.15) is 12.6 Å². The molecule has 0 spiro atoms. The molecule has 0 fully saturated rings. The number of aromatic nitrogens is 2. The normalized spacial score (nSPS) is 11.0. The number of anilines is 1. The van der Waals surface area contributed by atoms with Crippen LogP contribution in [0.2, 0.25) is 0 Å². The van der Waals surface area contributed by atoms with Gasteiger partial charge in [0.1, 0.15) is 5.65 Å². The van der Waals surface area contributed by atoms with E-state index in [1.807, 2.05) is 40.6 Å². The molecule has 17 heavy (non-hydrogen) atoms. The van der Waals surface area contributed by atoms with Crippen LogP contribution in [-0.2, 0) is 6.61 Å². The van der Waals surface area contributed by atoms with Crippen LogP contribution in [0.15, 0.2) is 24.4 Å². The molecule has 2 rings (SSSR count). The molecule has 5 heteroatoms. The van der Waals surface area contributed by atoms with Crippen LogP contribution in [0.3, 0.4) is 0 Å². The van der Waals surface area contributed by atoms with E-state index in [-0.39, 0.29) is 13.2 Å². The quantitative estimate of drug-likeness (QED) is 0.798. The number of imidazole rings is 1. The zero-order chi connectivity index (χ0) is 12.3. The van der Waals surface area contributed by atoms with Crippen molar-refractivity contribution in [3.05, 3.63) is 30.1 Å². The Labute approximate surface area is 99.9 Å². The number of hydrogen-bond acceptors (Lipinski definition) is 4. The second-order valence-electron chi connectivity index (χ2n) is 3.77. The molecule has 0 amide bonds. The Bertz CT molecular complexity index is 495. The van der Waals surface area contributed by atoms with Crippen molar-refractivity contribution in [3.8, 4) is 0 Å². The summed E-state index contributed by atoms with van der Waals surface area (Å²) in [5.74, 6) is 0.746. The molecule has 0 bridgehead atoms. The highest BCUT2D eigenvalue weighted by Crippen LogP contribution is 2.21. The lowest BCUT2D eigenvalue weighted by Gasteiger charge is -2.20. The number of aliphatic hydroxyl groups excluding tert-OH is 2. The number of pyridine rings is 1. The minimum atomic E-state index is -0.0670. The highest BCUT2D eigenvalue weighted by molar-refractivity contribution is 5.55. The molecule has 2 aromatic rings. The largest absolute Gasteiger partial charge is 0.395 e. The predicted octanol–water partition coefficient (Wildman–Crippen LogP) is 0.645. The zero-order valence-electron chi connectivity index (χ0n) is 9.87. The fourth-order valence-electron chi connectivity index (χ4n) is 1.97. The summed E-state index contributed by atoms with van der Waals surface area (Å²) in [6.07, 6.45) is 1.88. The Balaban J connectivity index is 2.51. The summed E-state index contributed by atoms with van der Waals surface area (Å²) in [4.78, 5) is 6.45. The highest BCUT2D eigenvalue weighted by atomic mass is 16.3. The molecule has 0 aliphatic rings. The van der Waals surface area contributed by atoms with Crippen molar-refractivity contribution in [1.82, 2.24) is 9.38 Å². The van der Waals surface area contributed by atoms with Gasteiger partial charge in [-0.3, -0.25) is 4.40 Å². The molecule has 2 heterocycles. The molecule has 92 valence electrons. The second kappa shape index (κ2) is 5.16. The first kappa shape index (κ1) is 11.9. The lowest BCUT2D eigenvalue weighted by atomic mass is 10.4. The number of nitrogens with zero attached hydrogens (tertiary/aromatic N) is 3. The fourth-order valence-corrected chi connectivity index (χ4v) is 1.97. The van der Waals surface area contributed by atoms with Crippen LogP contribution >= 0.6 is 0 Å². The Morgan fingerprint density at radius 1 is 1.35 bits per heavy atom. The maximum atomic E-state index is 9.47. The standard InChI is InChI=1S/C12H17N3O2/c1-2-14(7-8-16)12-10(9-17)15-6-4-3-5-11(15)13-12/h3-6,16-17H,2,7-9H2,1H3. The summed E-state index contributed by atoms with van der Waals surface area (Å²) < 4.78 is 1.87. The van der Waals surface area contributed by atoms with E-state index < -0.39 is 0 Å². The maximum Gasteiger partial charge on any atom is 0.153 e. The van der Waals surface area contributed by atoms with Gasteiger partial charge in [0.25, 0.3) is 0 Å². The smallest absolute Gasteiger partial charge is 0.153 e. The van der Waals surface area contributed by atoms with Crippen LogP contribution < -0.4 is 4.90 Å². The molecular weight excluding hydrogens is 218 g/mol. The van der Waals surface area contributed by atoms with Gasteiger partial charge in [0, 0.05) is 19.3 Å². The van der Waals surface area contributed by atoms with E-state index in [9.17, 15) is 5.11 Å². The summed E-state index contributed by atoms with van der Waals surface area (Å²) >= 11 is 0. The van der Waals surface area contributed by atoms with Gasteiger partial charge in [-0.05, 0) is 19.1 Å². The van der Waals surface area contributed by atoms with E-state index >= 15 is 0 Å². The molecule has 0 radical (unpaired) electrons. The van der Waals surface area contributed by atoms with Crippen LogP contribution in [0.5, 0.6) is 0 Å². The summed E-state index contributed by atoms with van der Waals surface area (Å²) in [5, 5.41) is 18.5. The van der Waals surface area contributed by atoms with Gasteiger partial charge < -0.3 is 15.1 Å². The molecule has 0 saturated carbocycles. The van der Waals surface area contributed by atoms with E-state index in [2.05, 4.69) is 4.98 Å². The van der Waals surface area contributed by atoms with Crippen molar-refractivity contribution < 1.29 is 10.2 Å². The lowest BCUT2D eigenvalue weighted by Crippen LogP contribution is -2.27. The van der Waals surface area contributed by atoms with Crippen LogP contribution in [-0.4, -0.2) is 39.3 Å². The number of rotatable bonds is 5. The Morgan fingerprint density at radius 3 is 2.82 bits per heavy atom. The van der Waals surface area contributed by atoms with Gasteiger partial charge in [0.15, 0.2) is 5.82 Å². The first-order valence-corrected chi connectivity index (χ1v) is 5.74. The van der Waals surface area contributed by atoms with E-state index in [4.69, 9.17) is 5.11 Å². The minimum absolute atomic E-state index is 0.0670. The Hall–Kier alpha value is -1.59. The Morgan fingerprint density at radius 2 is 2.18 bits per heavy atom. The topological polar surface area (TPSA) is 61.0 Å². The minimum Gasteiger partial charge on any atom is -0.395 e. The third-order valence-electron chi connectivity index (χ3n) is 2.81. The van der Waals surface area contributed by atoms with Crippen molar-refractivity contribution >= 4 is 11.5 Å². The van der Waals surface area contributed by atoms with Crippen LogP contribution in [0.25, 0.3) is 5.65 Å². The summed E-state index contributed by atoms with van der Waals surface area (Å²) in [6, 6.07) is 5.71. The van der Waals surface area contributed by atoms with Gasteiger partial charge in [0.2, 0.25) is 0 Å². The molecule has 0 aliphatic heterocycles. The zero-order valence-corrected chi connectivity index (χ0v) is 9.87. The molecule has 5 nitrogen and oxygen atoms in total. The predicted molar refractivity (Wildman–Crippen MR) is 66.1 cm³/mol. The number of likely N-dealkylation sites (N-methyl/N-ethyl adjacent to an activating group) is 1. The van der Waals surface area contributed by atoms with Crippen LogP contribution in [0, 0.1) is 0 Å². The van der Waals surface area contributed by atoms with Crippen LogP contribution in [0.4, 0.5) is 5.82 Å². The van der Waals surface area contributed by atoms with Gasteiger partial charge in [-0.25, -0.2) is 4.98 Å². The SMILES string of the molecule is CCN(CCO)c1nc2ccccn2c1CO. The summed E-state index contributed by atoms with van der Waals surface area (Å²) in [5.41, 5.74) is 1.57. The van der Waals surface area contributed by atoms with Gasteiger partial charge in [-0.2, -0.15) is 0 Å². The molecule has 2 aromatic heterocycles. The number of hydrogen-bond donors (Lipinski definition) is 2. The molecule has 2 N–H and O–H groups in total.